The molecule has 0 radical (unpaired) electrons. The van der Waals surface area contributed by atoms with Gasteiger partial charge in [-0.1, -0.05) is 30.3 Å². The quantitative estimate of drug-likeness (QED) is 0.539. The SMILES string of the molecule is C=C(Cl)OC(=O)N1CCO[C@@H](c2ccc(OS(=O)(=O)c3ccccc3)cc2)C1. The Morgan fingerprint density at radius 2 is 1.82 bits per heavy atom. The maximum atomic E-state index is 12.3. The molecule has 7 nitrogen and oxygen atoms in total. The zero-order valence-corrected chi connectivity index (χ0v) is 16.4. The van der Waals surface area contributed by atoms with Crippen molar-refractivity contribution in [3.63, 3.8) is 0 Å². The highest BCUT2D eigenvalue weighted by Gasteiger charge is 2.27. The fourth-order valence-electron chi connectivity index (χ4n) is 2.68. The van der Waals surface area contributed by atoms with E-state index in [0.717, 1.165) is 5.56 Å². The van der Waals surface area contributed by atoms with E-state index in [0.29, 0.717) is 13.2 Å². The summed E-state index contributed by atoms with van der Waals surface area (Å²) < 4.78 is 40.2. The number of benzene rings is 2. The molecule has 1 atom stereocenters. The number of ether oxygens (including phenoxy) is 2. The van der Waals surface area contributed by atoms with Crippen molar-refractivity contribution in [3.05, 3.63) is 72.0 Å². The van der Waals surface area contributed by atoms with Crippen molar-refractivity contribution in [2.24, 2.45) is 0 Å². The van der Waals surface area contributed by atoms with Gasteiger partial charge in [-0.25, -0.2) is 4.79 Å². The lowest BCUT2D eigenvalue weighted by Crippen LogP contribution is -2.42. The summed E-state index contributed by atoms with van der Waals surface area (Å²) in [6.07, 6.45) is -0.980. The summed E-state index contributed by atoms with van der Waals surface area (Å²) in [6.45, 7) is 4.30. The van der Waals surface area contributed by atoms with Crippen LogP contribution in [0.4, 0.5) is 4.79 Å². The van der Waals surface area contributed by atoms with Crippen molar-refractivity contribution in [2.75, 3.05) is 19.7 Å². The molecule has 1 aliphatic heterocycles. The minimum absolute atomic E-state index is 0.0738. The molecule has 148 valence electrons. The van der Waals surface area contributed by atoms with Crippen LogP contribution in [-0.4, -0.2) is 39.1 Å². The topological polar surface area (TPSA) is 82.1 Å². The summed E-state index contributed by atoms with van der Waals surface area (Å²) in [6, 6.07) is 14.3. The van der Waals surface area contributed by atoms with Crippen LogP contribution in [0.5, 0.6) is 5.75 Å². The van der Waals surface area contributed by atoms with E-state index < -0.39 is 16.2 Å². The maximum Gasteiger partial charge on any atom is 0.416 e. The third kappa shape index (κ3) is 5.03. The zero-order chi connectivity index (χ0) is 20.1. The first-order valence-electron chi connectivity index (χ1n) is 8.37. The number of halogens is 1. The largest absolute Gasteiger partial charge is 0.416 e. The highest BCUT2D eigenvalue weighted by molar-refractivity contribution is 7.87. The third-order valence-electron chi connectivity index (χ3n) is 4.01. The van der Waals surface area contributed by atoms with Crippen LogP contribution in [0.25, 0.3) is 0 Å². The van der Waals surface area contributed by atoms with Gasteiger partial charge in [0, 0.05) is 6.54 Å². The third-order valence-corrected chi connectivity index (χ3v) is 5.35. The summed E-state index contributed by atoms with van der Waals surface area (Å²) in [5.41, 5.74) is 0.770. The molecule has 2 aromatic carbocycles. The molecule has 0 N–H and O–H groups in total. The first-order chi connectivity index (χ1) is 13.3. The van der Waals surface area contributed by atoms with E-state index in [1.54, 1.807) is 30.3 Å². The number of amides is 1. The van der Waals surface area contributed by atoms with Crippen molar-refractivity contribution in [1.29, 1.82) is 0 Å². The monoisotopic (exact) mass is 423 g/mol. The molecule has 3 rings (SSSR count). The first-order valence-corrected chi connectivity index (χ1v) is 10.2. The molecule has 0 aliphatic carbocycles. The smallest absolute Gasteiger partial charge is 0.398 e. The van der Waals surface area contributed by atoms with E-state index in [-0.39, 0.29) is 28.5 Å². The Balaban J connectivity index is 1.67. The van der Waals surface area contributed by atoms with E-state index in [2.05, 4.69) is 6.58 Å². The lowest BCUT2D eigenvalue weighted by molar-refractivity contribution is -0.0243. The number of morpholine rings is 1. The van der Waals surface area contributed by atoms with E-state index in [4.69, 9.17) is 25.3 Å². The molecule has 1 fully saturated rings. The Labute approximate surface area is 168 Å². The van der Waals surface area contributed by atoms with Gasteiger partial charge in [0.15, 0.2) is 5.22 Å². The molecule has 0 saturated carbocycles. The van der Waals surface area contributed by atoms with Crippen molar-refractivity contribution < 1.29 is 26.9 Å². The molecule has 0 spiro atoms. The van der Waals surface area contributed by atoms with Crippen molar-refractivity contribution in [1.82, 2.24) is 4.90 Å². The Bertz CT molecular complexity index is 946. The molecule has 28 heavy (non-hydrogen) atoms. The highest BCUT2D eigenvalue weighted by Crippen LogP contribution is 2.26. The fourth-order valence-corrected chi connectivity index (χ4v) is 3.69. The van der Waals surface area contributed by atoms with E-state index in [1.165, 1.54) is 29.2 Å². The molecule has 2 aromatic rings. The van der Waals surface area contributed by atoms with Gasteiger partial charge in [-0.15, -0.1) is 0 Å². The van der Waals surface area contributed by atoms with Crippen LogP contribution in [0, 0.1) is 0 Å². The second-order valence-electron chi connectivity index (χ2n) is 5.95. The Morgan fingerprint density at radius 1 is 1.14 bits per heavy atom. The predicted octanol–water partition coefficient (Wildman–Crippen LogP) is 3.67. The van der Waals surface area contributed by atoms with Crippen LogP contribution in [0.1, 0.15) is 11.7 Å². The fraction of sp³-hybridized carbons (Fsp3) is 0.211. The van der Waals surface area contributed by atoms with Gasteiger partial charge >= 0.3 is 16.2 Å². The summed E-state index contributed by atoms with van der Waals surface area (Å²) >= 11 is 5.50. The van der Waals surface area contributed by atoms with Gasteiger partial charge in [-0.2, -0.15) is 8.42 Å². The molecule has 1 amide bonds. The van der Waals surface area contributed by atoms with E-state index >= 15 is 0 Å². The summed E-state index contributed by atoms with van der Waals surface area (Å²) in [5.74, 6) is 0.179. The molecule has 0 unspecified atom stereocenters. The minimum Gasteiger partial charge on any atom is -0.398 e. The van der Waals surface area contributed by atoms with Gasteiger partial charge in [0.1, 0.15) is 16.7 Å². The summed E-state index contributed by atoms with van der Waals surface area (Å²) in [4.78, 5) is 13.5. The number of hydrogen-bond donors (Lipinski definition) is 0. The first kappa shape index (κ1) is 20.2. The standard InChI is InChI=1S/C19H18ClNO6S/c1-14(20)26-19(22)21-11-12-25-18(13-21)15-7-9-16(10-8-15)27-28(23,24)17-5-3-2-4-6-17/h2-10,18H,1,11-13H2/t18-/m1/s1. The van der Waals surface area contributed by atoms with Gasteiger partial charge in [-0.3, -0.25) is 0 Å². The lowest BCUT2D eigenvalue weighted by Gasteiger charge is -2.32. The summed E-state index contributed by atoms with van der Waals surface area (Å²) in [5, 5.41) is -0.200. The highest BCUT2D eigenvalue weighted by atomic mass is 35.5. The zero-order valence-electron chi connectivity index (χ0n) is 14.8. The Morgan fingerprint density at radius 3 is 2.46 bits per heavy atom. The summed E-state index contributed by atoms with van der Waals surface area (Å²) in [7, 11) is -3.90. The van der Waals surface area contributed by atoms with Crippen LogP contribution in [0.3, 0.4) is 0 Å². The van der Waals surface area contributed by atoms with E-state index in [1.807, 2.05) is 0 Å². The van der Waals surface area contributed by atoms with Crippen molar-refractivity contribution in [2.45, 2.75) is 11.0 Å². The van der Waals surface area contributed by atoms with Crippen LogP contribution in [0.2, 0.25) is 0 Å². The van der Waals surface area contributed by atoms with E-state index in [9.17, 15) is 13.2 Å². The molecule has 9 heteroatoms. The number of rotatable bonds is 5. The normalized spacial score (nSPS) is 17.0. The van der Waals surface area contributed by atoms with Crippen LogP contribution in [-0.2, 0) is 19.6 Å². The molecule has 1 saturated heterocycles. The molecule has 0 bridgehead atoms. The van der Waals surface area contributed by atoms with Gasteiger partial charge in [0.2, 0.25) is 0 Å². The Kier molecular flexibility index (Phi) is 6.23. The van der Waals surface area contributed by atoms with Crippen molar-refractivity contribution in [3.8, 4) is 5.75 Å². The average Bonchev–Trinajstić information content (AvgIpc) is 2.68. The van der Waals surface area contributed by atoms with Crippen LogP contribution >= 0.6 is 11.6 Å². The molecule has 1 heterocycles. The molecular formula is C19H18ClNO6S. The predicted molar refractivity (Wildman–Crippen MR) is 102 cm³/mol. The van der Waals surface area contributed by atoms with Gasteiger partial charge in [0.25, 0.3) is 0 Å². The van der Waals surface area contributed by atoms with Crippen LogP contribution in [0.15, 0.2) is 71.3 Å². The second-order valence-corrected chi connectivity index (χ2v) is 7.92. The van der Waals surface area contributed by atoms with Gasteiger partial charge < -0.3 is 18.6 Å². The van der Waals surface area contributed by atoms with Crippen LogP contribution < -0.4 is 4.18 Å². The Hall–Kier alpha value is -2.55. The van der Waals surface area contributed by atoms with Gasteiger partial charge in [0.05, 0.1) is 13.2 Å². The number of carbonyl (C=O) groups is 1. The lowest BCUT2D eigenvalue weighted by atomic mass is 10.1. The number of nitrogens with zero attached hydrogens (tertiary/aromatic N) is 1. The number of hydrogen-bond acceptors (Lipinski definition) is 6. The molecular weight excluding hydrogens is 406 g/mol. The molecule has 0 aromatic heterocycles. The number of carbonyl (C=O) groups excluding carboxylic acids is 1. The van der Waals surface area contributed by atoms with Gasteiger partial charge in [-0.05, 0) is 48.0 Å². The second kappa shape index (κ2) is 8.64. The maximum absolute atomic E-state index is 12.3. The average molecular weight is 424 g/mol. The minimum atomic E-state index is -3.90. The molecule has 1 aliphatic rings. The van der Waals surface area contributed by atoms with Crippen molar-refractivity contribution >= 4 is 27.8 Å².